The molecule has 0 atom stereocenters. The number of carbonyl (C=O) groups is 1. The van der Waals surface area contributed by atoms with E-state index in [1.807, 2.05) is 24.3 Å². The summed E-state index contributed by atoms with van der Waals surface area (Å²) in [5, 5.41) is 6.00. The molecule has 5 heteroatoms. The second-order valence-electron chi connectivity index (χ2n) is 5.67. The van der Waals surface area contributed by atoms with Gasteiger partial charge < -0.3 is 10.1 Å². The maximum atomic E-state index is 12.3. The lowest BCUT2D eigenvalue weighted by atomic mass is 10.1. The Kier molecular flexibility index (Phi) is 5.46. The van der Waals surface area contributed by atoms with Gasteiger partial charge in [-0.3, -0.25) is 4.79 Å². The molecule has 1 N–H and O–H groups in total. The van der Waals surface area contributed by atoms with E-state index in [1.165, 1.54) is 5.56 Å². The summed E-state index contributed by atoms with van der Waals surface area (Å²) in [5.74, 6) is 0.447. The van der Waals surface area contributed by atoms with E-state index in [1.54, 1.807) is 30.6 Å². The molecule has 0 radical (unpaired) electrons. The first-order valence-electron chi connectivity index (χ1n) is 8.10. The number of hydrogen-bond donors (Lipinski definition) is 1. The Morgan fingerprint density at radius 2 is 1.92 bits per heavy atom. The number of ether oxygens (including phenoxy) is 1. The number of para-hydroxylation sites is 1. The van der Waals surface area contributed by atoms with Gasteiger partial charge in [0.05, 0.1) is 18.4 Å². The van der Waals surface area contributed by atoms with Crippen LogP contribution in [0.15, 0.2) is 53.9 Å². The van der Waals surface area contributed by atoms with Crippen LogP contribution in [0.4, 0.5) is 0 Å². The van der Waals surface area contributed by atoms with Crippen LogP contribution >= 0.6 is 11.3 Å². The topological polar surface area (TPSA) is 51.2 Å². The first-order valence-corrected chi connectivity index (χ1v) is 8.98. The lowest BCUT2D eigenvalue weighted by Crippen LogP contribution is -2.26. The number of benzene rings is 2. The van der Waals surface area contributed by atoms with Crippen LogP contribution in [0.1, 0.15) is 21.6 Å². The lowest BCUT2D eigenvalue weighted by molar-refractivity contribution is 0.0951. The summed E-state index contributed by atoms with van der Waals surface area (Å²) in [6.07, 6.45) is 0.698. The molecule has 0 aliphatic rings. The Balaban J connectivity index is 1.60. The molecular formula is C20H20N2O2S. The van der Waals surface area contributed by atoms with Gasteiger partial charge in [-0.1, -0.05) is 36.4 Å². The Bertz CT molecular complexity index is 873. The zero-order valence-electron chi connectivity index (χ0n) is 14.3. The third-order valence-corrected chi connectivity index (χ3v) is 4.87. The summed E-state index contributed by atoms with van der Waals surface area (Å²) in [7, 11) is 1.56. The second kappa shape index (κ2) is 7.94. The maximum Gasteiger partial charge on any atom is 0.255 e. The van der Waals surface area contributed by atoms with Crippen LogP contribution in [0.3, 0.4) is 0 Å². The highest BCUT2D eigenvalue weighted by Gasteiger charge is 2.11. The third-order valence-electron chi connectivity index (χ3n) is 3.95. The Morgan fingerprint density at radius 3 is 2.72 bits per heavy atom. The quantitative estimate of drug-likeness (QED) is 0.727. The average molecular weight is 352 g/mol. The van der Waals surface area contributed by atoms with Gasteiger partial charge in [0.1, 0.15) is 10.8 Å². The molecule has 0 aliphatic carbocycles. The molecule has 0 saturated carbocycles. The van der Waals surface area contributed by atoms with E-state index in [2.05, 4.69) is 34.7 Å². The SMILES string of the molecule is COc1ccccc1C(=O)NCCc1csc(-c2ccccc2C)n1. The predicted octanol–water partition coefficient (Wildman–Crippen LogP) is 4.10. The molecule has 0 aliphatic heterocycles. The fourth-order valence-electron chi connectivity index (χ4n) is 2.59. The highest BCUT2D eigenvalue weighted by Crippen LogP contribution is 2.26. The number of rotatable bonds is 6. The van der Waals surface area contributed by atoms with Crippen molar-refractivity contribution in [2.75, 3.05) is 13.7 Å². The smallest absolute Gasteiger partial charge is 0.255 e. The van der Waals surface area contributed by atoms with E-state index >= 15 is 0 Å². The van der Waals surface area contributed by atoms with Crippen LogP contribution in [0.2, 0.25) is 0 Å². The first kappa shape index (κ1) is 17.2. The number of methoxy groups -OCH3 is 1. The minimum absolute atomic E-state index is 0.133. The molecule has 2 aromatic carbocycles. The molecule has 1 heterocycles. The second-order valence-corrected chi connectivity index (χ2v) is 6.52. The van der Waals surface area contributed by atoms with E-state index in [0.717, 1.165) is 16.3 Å². The van der Waals surface area contributed by atoms with Gasteiger partial charge in [-0.15, -0.1) is 11.3 Å². The largest absolute Gasteiger partial charge is 0.496 e. The number of amides is 1. The Morgan fingerprint density at radius 1 is 1.16 bits per heavy atom. The number of aryl methyl sites for hydroxylation is 1. The van der Waals surface area contributed by atoms with E-state index < -0.39 is 0 Å². The summed E-state index contributed by atoms with van der Waals surface area (Å²) in [6, 6.07) is 15.4. The summed E-state index contributed by atoms with van der Waals surface area (Å²) < 4.78 is 5.22. The third kappa shape index (κ3) is 4.06. The Labute approximate surface area is 151 Å². The van der Waals surface area contributed by atoms with Crippen LogP contribution in [0, 0.1) is 6.92 Å². The molecule has 0 bridgehead atoms. The van der Waals surface area contributed by atoms with Crippen molar-refractivity contribution in [1.29, 1.82) is 0 Å². The van der Waals surface area contributed by atoms with Crippen LogP contribution in [0.25, 0.3) is 10.6 Å². The van der Waals surface area contributed by atoms with Crippen LogP contribution in [-0.2, 0) is 6.42 Å². The van der Waals surface area contributed by atoms with Crippen molar-refractivity contribution in [2.45, 2.75) is 13.3 Å². The monoisotopic (exact) mass is 352 g/mol. The van der Waals surface area contributed by atoms with Gasteiger partial charge in [-0.05, 0) is 24.6 Å². The van der Waals surface area contributed by atoms with Gasteiger partial charge in [-0.2, -0.15) is 0 Å². The predicted molar refractivity (Wildman–Crippen MR) is 101 cm³/mol. The number of carbonyl (C=O) groups excluding carboxylic acids is 1. The van der Waals surface area contributed by atoms with Gasteiger partial charge in [0.15, 0.2) is 0 Å². The number of aromatic nitrogens is 1. The van der Waals surface area contributed by atoms with E-state index in [0.29, 0.717) is 24.3 Å². The molecule has 0 spiro atoms. The van der Waals surface area contributed by atoms with E-state index in [-0.39, 0.29) is 5.91 Å². The van der Waals surface area contributed by atoms with Crippen molar-refractivity contribution in [3.63, 3.8) is 0 Å². The average Bonchev–Trinajstić information content (AvgIpc) is 3.10. The van der Waals surface area contributed by atoms with E-state index in [9.17, 15) is 4.79 Å². The molecule has 4 nitrogen and oxygen atoms in total. The Hall–Kier alpha value is -2.66. The summed E-state index contributed by atoms with van der Waals surface area (Å²) in [5.41, 5.74) is 3.91. The lowest BCUT2D eigenvalue weighted by Gasteiger charge is -2.08. The molecule has 25 heavy (non-hydrogen) atoms. The number of hydrogen-bond acceptors (Lipinski definition) is 4. The van der Waals surface area contributed by atoms with Gasteiger partial charge in [0, 0.05) is 23.9 Å². The van der Waals surface area contributed by atoms with Crippen LogP contribution < -0.4 is 10.1 Å². The van der Waals surface area contributed by atoms with Crippen LogP contribution in [-0.4, -0.2) is 24.5 Å². The molecule has 0 fully saturated rings. The highest BCUT2D eigenvalue weighted by atomic mass is 32.1. The number of nitrogens with one attached hydrogen (secondary N) is 1. The summed E-state index contributed by atoms with van der Waals surface area (Å²) >= 11 is 1.63. The first-order chi connectivity index (χ1) is 12.2. The molecular weight excluding hydrogens is 332 g/mol. The zero-order valence-corrected chi connectivity index (χ0v) is 15.1. The minimum atomic E-state index is -0.133. The van der Waals surface area contributed by atoms with Crippen molar-refractivity contribution in [1.82, 2.24) is 10.3 Å². The minimum Gasteiger partial charge on any atom is -0.496 e. The van der Waals surface area contributed by atoms with Crippen LogP contribution in [0.5, 0.6) is 5.75 Å². The molecule has 128 valence electrons. The van der Waals surface area contributed by atoms with E-state index in [4.69, 9.17) is 4.74 Å². The fraction of sp³-hybridized carbons (Fsp3) is 0.200. The van der Waals surface area contributed by atoms with Gasteiger partial charge >= 0.3 is 0 Å². The van der Waals surface area contributed by atoms with Crippen molar-refractivity contribution < 1.29 is 9.53 Å². The molecule has 0 saturated heterocycles. The number of thiazole rings is 1. The standard InChI is InChI=1S/C20H20N2O2S/c1-14-7-3-4-8-16(14)20-22-15(13-25-20)11-12-21-19(23)17-9-5-6-10-18(17)24-2/h3-10,13H,11-12H2,1-2H3,(H,21,23). The van der Waals surface area contributed by atoms with Crippen molar-refractivity contribution in [3.8, 4) is 16.3 Å². The molecule has 3 aromatic rings. The van der Waals surface area contributed by atoms with Crippen molar-refractivity contribution in [2.24, 2.45) is 0 Å². The fourth-order valence-corrected chi connectivity index (χ4v) is 3.53. The summed E-state index contributed by atoms with van der Waals surface area (Å²) in [6.45, 7) is 2.62. The van der Waals surface area contributed by atoms with Gasteiger partial charge in [0.25, 0.3) is 5.91 Å². The summed E-state index contributed by atoms with van der Waals surface area (Å²) in [4.78, 5) is 17.0. The zero-order chi connectivity index (χ0) is 17.6. The van der Waals surface area contributed by atoms with Gasteiger partial charge in [-0.25, -0.2) is 4.98 Å². The molecule has 0 unspecified atom stereocenters. The molecule has 1 aromatic heterocycles. The van der Waals surface area contributed by atoms with Crippen molar-refractivity contribution in [3.05, 3.63) is 70.7 Å². The van der Waals surface area contributed by atoms with Gasteiger partial charge in [0.2, 0.25) is 0 Å². The van der Waals surface area contributed by atoms with Crippen molar-refractivity contribution >= 4 is 17.2 Å². The number of nitrogens with zero attached hydrogens (tertiary/aromatic N) is 1. The molecule has 1 amide bonds. The maximum absolute atomic E-state index is 12.3. The molecule has 3 rings (SSSR count). The highest BCUT2D eigenvalue weighted by molar-refractivity contribution is 7.13. The normalized spacial score (nSPS) is 10.5.